The second-order valence-corrected chi connectivity index (χ2v) is 15.6. The SMILES string of the molecule is CCCCCCCCCc1ccccc1OP(Oc1ccccc1CCCCCCCCC)Oc1ccccc1CCCCCCCCC.[Na+].[Na+].[Na+].[O-]P([O-])[O-]. The summed E-state index contributed by atoms with van der Waals surface area (Å²) in [5.74, 6) is 2.65. The maximum atomic E-state index is 8.48. The summed E-state index contributed by atoms with van der Waals surface area (Å²) in [4.78, 5) is 25.4. The Kier molecular flexibility index (Phi) is 43.3. The molecular formula is C45H69Na3O6P2. The van der Waals surface area contributed by atoms with Crippen LogP contribution in [0.1, 0.15) is 172 Å². The molecule has 3 rings (SSSR count). The average molecular weight is 837 g/mol. The summed E-state index contributed by atoms with van der Waals surface area (Å²) < 4.78 is 20.3. The summed E-state index contributed by atoms with van der Waals surface area (Å²) >= 11 is 0. The Morgan fingerprint density at radius 1 is 0.357 bits per heavy atom. The van der Waals surface area contributed by atoms with Crippen molar-refractivity contribution in [1.82, 2.24) is 0 Å². The Morgan fingerprint density at radius 2 is 0.571 bits per heavy atom. The molecule has 0 saturated heterocycles. The summed E-state index contributed by atoms with van der Waals surface area (Å²) in [6.45, 7) is 6.84. The summed E-state index contributed by atoms with van der Waals surface area (Å²) in [6.07, 6.45) is 30.3. The second kappa shape index (κ2) is 41.2. The van der Waals surface area contributed by atoms with Crippen molar-refractivity contribution in [3.8, 4) is 17.2 Å². The molecule has 0 spiro atoms. The van der Waals surface area contributed by atoms with Crippen LogP contribution >= 0.6 is 17.2 Å². The van der Waals surface area contributed by atoms with Gasteiger partial charge in [-0.05, 0) is 73.4 Å². The summed E-state index contributed by atoms with van der Waals surface area (Å²) in [6, 6.07) is 25.5. The van der Waals surface area contributed by atoms with Crippen molar-refractivity contribution in [1.29, 1.82) is 0 Å². The maximum absolute atomic E-state index is 8.48. The van der Waals surface area contributed by atoms with E-state index < -0.39 is 17.2 Å². The first kappa shape index (κ1) is 58.9. The molecule has 0 amide bonds. The molecule has 6 nitrogen and oxygen atoms in total. The Balaban J connectivity index is 0. The van der Waals surface area contributed by atoms with E-state index >= 15 is 0 Å². The second-order valence-electron chi connectivity index (χ2n) is 14.2. The van der Waals surface area contributed by atoms with E-state index in [0.717, 1.165) is 36.5 Å². The van der Waals surface area contributed by atoms with Crippen LogP contribution in [0.15, 0.2) is 72.8 Å². The number of hydrogen-bond acceptors (Lipinski definition) is 6. The average Bonchev–Trinajstić information content (AvgIpc) is 3.15. The molecule has 0 N–H and O–H groups in total. The van der Waals surface area contributed by atoms with Crippen molar-refractivity contribution in [2.45, 2.75) is 175 Å². The quantitative estimate of drug-likeness (QED) is 0.0579. The predicted molar refractivity (Wildman–Crippen MR) is 220 cm³/mol. The minimum atomic E-state index is -3.37. The van der Waals surface area contributed by atoms with Crippen LogP contribution in [0, 0.1) is 0 Å². The van der Waals surface area contributed by atoms with Crippen LogP contribution in [-0.4, -0.2) is 0 Å². The predicted octanol–water partition coefficient (Wildman–Crippen LogP) is 3.64. The zero-order valence-corrected chi connectivity index (χ0v) is 44.0. The molecule has 0 heterocycles. The topological polar surface area (TPSA) is 96.9 Å². The van der Waals surface area contributed by atoms with Crippen molar-refractivity contribution in [2.75, 3.05) is 0 Å². The van der Waals surface area contributed by atoms with Crippen LogP contribution in [-0.2, 0) is 19.3 Å². The van der Waals surface area contributed by atoms with Gasteiger partial charge in [0.05, 0.1) is 0 Å². The third-order valence-electron chi connectivity index (χ3n) is 9.59. The first-order chi connectivity index (χ1) is 26.0. The van der Waals surface area contributed by atoms with E-state index in [2.05, 4.69) is 93.6 Å². The molecule has 298 valence electrons. The van der Waals surface area contributed by atoms with Gasteiger partial charge >= 0.3 is 97.3 Å². The van der Waals surface area contributed by atoms with Crippen molar-refractivity contribution >= 4 is 17.2 Å². The number of rotatable bonds is 30. The van der Waals surface area contributed by atoms with Crippen molar-refractivity contribution in [3.05, 3.63) is 89.5 Å². The van der Waals surface area contributed by atoms with E-state index in [1.165, 1.54) is 152 Å². The van der Waals surface area contributed by atoms with E-state index in [1.54, 1.807) is 0 Å². The molecule has 0 aliphatic carbocycles. The van der Waals surface area contributed by atoms with Crippen LogP contribution in [0.2, 0.25) is 0 Å². The van der Waals surface area contributed by atoms with Gasteiger partial charge in [-0.25, -0.2) is 0 Å². The van der Waals surface area contributed by atoms with Crippen LogP contribution < -0.4 is 117 Å². The third kappa shape index (κ3) is 29.9. The molecule has 3 aromatic rings. The van der Waals surface area contributed by atoms with Gasteiger partial charge in [0.1, 0.15) is 17.2 Å². The molecule has 0 unspecified atom stereocenters. The monoisotopic (exact) mass is 836 g/mol. The Bertz CT molecular complexity index is 1150. The Labute approximate surface area is 411 Å². The summed E-state index contributed by atoms with van der Waals surface area (Å²) in [5, 5.41) is 0. The number of benzene rings is 3. The van der Waals surface area contributed by atoms with Crippen LogP contribution in [0.25, 0.3) is 0 Å². The maximum Gasteiger partial charge on any atom is 1.00 e. The van der Waals surface area contributed by atoms with E-state index in [0.29, 0.717) is 0 Å². The largest absolute Gasteiger partial charge is 1.00 e. The van der Waals surface area contributed by atoms with Gasteiger partial charge in [0, 0.05) is 0 Å². The van der Waals surface area contributed by atoms with Gasteiger partial charge in [-0.2, -0.15) is 0 Å². The molecule has 0 saturated carbocycles. The standard InChI is InChI=1S/C45H69O3P.3Na.O3P/c1-4-7-10-13-16-19-22-31-40-34-25-28-37-43(40)46-49(47-44-38-29-26-35-41(44)32-23-20-17-14-11-8-5-2)48-45-39-30-27-36-42(45)33-24-21-18-15-12-9-6-3;;;;1-4(2)3/h25-30,34-39H,4-24,31-33H2,1-3H3;;;;/q;3*+1;-3. The van der Waals surface area contributed by atoms with Crippen molar-refractivity contribution in [3.63, 3.8) is 0 Å². The van der Waals surface area contributed by atoms with Gasteiger partial charge in [0.2, 0.25) is 0 Å². The molecule has 0 aliphatic heterocycles. The number of para-hydroxylation sites is 3. The first-order valence-electron chi connectivity index (χ1n) is 20.9. The van der Waals surface area contributed by atoms with E-state index in [1.807, 2.05) is 0 Å². The number of hydrogen-bond donors (Lipinski definition) is 0. The summed E-state index contributed by atoms with van der Waals surface area (Å²) in [5.41, 5.74) is 3.72. The summed E-state index contributed by atoms with van der Waals surface area (Å²) in [7, 11) is -5.09. The molecule has 3 aromatic carbocycles. The number of aryl methyl sites for hydroxylation is 3. The van der Waals surface area contributed by atoms with Gasteiger partial charge in [-0.15, -0.1) is 0 Å². The minimum Gasteiger partial charge on any atom is -0.854 e. The zero-order valence-electron chi connectivity index (χ0n) is 36.2. The molecule has 0 fully saturated rings. The van der Waals surface area contributed by atoms with Crippen LogP contribution in [0.3, 0.4) is 0 Å². The van der Waals surface area contributed by atoms with E-state index in [-0.39, 0.29) is 88.7 Å². The molecular weight excluding hydrogens is 767 g/mol. The van der Waals surface area contributed by atoms with E-state index in [4.69, 9.17) is 28.3 Å². The van der Waals surface area contributed by atoms with Gasteiger partial charge in [-0.1, -0.05) is 191 Å². The van der Waals surface area contributed by atoms with Crippen LogP contribution in [0.5, 0.6) is 17.2 Å². The molecule has 0 radical (unpaired) electrons. The number of unbranched alkanes of at least 4 members (excludes halogenated alkanes) is 18. The van der Waals surface area contributed by atoms with Crippen molar-refractivity contribution in [2.24, 2.45) is 0 Å². The van der Waals surface area contributed by atoms with Gasteiger partial charge in [0.25, 0.3) is 0 Å². The molecule has 0 bridgehead atoms. The molecule has 11 heteroatoms. The van der Waals surface area contributed by atoms with Gasteiger partial charge < -0.3 is 36.9 Å². The zero-order chi connectivity index (χ0) is 38.2. The molecule has 0 atom stereocenters. The Hall–Kier alpha value is 0.800. The van der Waals surface area contributed by atoms with Gasteiger partial charge in [0.15, 0.2) is 0 Å². The molecule has 0 aromatic heterocycles. The van der Waals surface area contributed by atoms with Crippen molar-refractivity contribution < 1.29 is 117 Å². The Morgan fingerprint density at radius 3 is 0.821 bits per heavy atom. The molecule has 0 aliphatic rings. The third-order valence-corrected chi connectivity index (χ3v) is 10.6. The van der Waals surface area contributed by atoms with Gasteiger partial charge in [-0.3, -0.25) is 0 Å². The fraction of sp³-hybridized carbons (Fsp3) is 0.600. The van der Waals surface area contributed by atoms with Crippen LogP contribution in [0.4, 0.5) is 0 Å². The molecule has 56 heavy (non-hydrogen) atoms. The minimum absolute atomic E-state index is 0. The smallest absolute Gasteiger partial charge is 0.854 e. The fourth-order valence-electron chi connectivity index (χ4n) is 6.51. The fourth-order valence-corrected chi connectivity index (χ4v) is 7.64. The van der Waals surface area contributed by atoms with E-state index in [9.17, 15) is 0 Å². The first-order valence-corrected chi connectivity index (χ1v) is 23.1. The normalized spacial score (nSPS) is 10.5.